The second-order valence-electron chi connectivity index (χ2n) is 3.80. The number of hydrogen-bond acceptors (Lipinski definition) is 6. The van der Waals surface area contributed by atoms with Gasteiger partial charge in [-0.2, -0.15) is 4.39 Å². The molecular formula is C10H11FN2O5S. The van der Waals surface area contributed by atoms with Gasteiger partial charge in [-0.25, -0.2) is 4.79 Å². The molecule has 0 unspecified atom stereocenters. The van der Waals surface area contributed by atoms with Gasteiger partial charge in [0.1, 0.15) is 18.3 Å². The van der Waals surface area contributed by atoms with E-state index in [1.54, 1.807) is 0 Å². The number of esters is 1. The second-order valence-corrected chi connectivity index (χ2v) is 4.99. The van der Waals surface area contributed by atoms with Crippen LogP contribution < -0.4 is 11.2 Å². The van der Waals surface area contributed by atoms with Gasteiger partial charge in [-0.05, 0) is 0 Å². The Bertz CT molecular complexity index is 598. The molecule has 2 atom stereocenters. The van der Waals surface area contributed by atoms with Gasteiger partial charge in [0.25, 0.3) is 5.56 Å². The van der Waals surface area contributed by atoms with Crippen LogP contribution in [0.1, 0.15) is 13.2 Å². The van der Waals surface area contributed by atoms with E-state index in [1.807, 2.05) is 4.98 Å². The minimum Gasteiger partial charge on any atom is -0.462 e. The fourth-order valence-corrected chi connectivity index (χ4v) is 2.53. The Labute approximate surface area is 110 Å². The Morgan fingerprint density at radius 2 is 2.42 bits per heavy atom. The number of aromatic amines is 1. The number of carbonyl (C=O) groups is 1. The van der Waals surface area contributed by atoms with Crippen LogP contribution in [0.3, 0.4) is 0 Å². The molecule has 0 amide bonds. The SMILES string of the molecule is CC(=O)OC[C@@H]1O[C@H](n2cc(F)c(=O)[nH]c2=O)CS1. The summed E-state index contributed by atoms with van der Waals surface area (Å²) in [6, 6.07) is 0. The summed E-state index contributed by atoms with van der Waals surface area (Å²) in [6.07, 6.45) is 0.102. The van der Waals surface area contributed by atoms with Crippen molar-refractivity contribution in [2.75, 3.05) is 12.4 Å². The molecule has 2 rings (SSSR count). The van der Waals surface area contributed by atoms with Crippen LogP contribution in [0.15, 0.2) is 15.8 Å². The highest BCUT2D eigenvalue weighted by molar-refractivity contribution is 8.00. The Kier molecular flexibility index (Phi) is 4.05. The number of H-pyrrole nitrogens is 1. The van der Waals surface area contributed by atoms with Crippen molar-refractivity contribution in [1.29, 1.82) is 0 Å². The summed E-state index contributed by atoms with van der Waals surface area (Å²) in [4.78, 5) is 34.9. The maximum atomic E-state index is 13.1. The van der Waals surface area contributed by atoms with Crippen LogP contribution in [0.25, 0.3) is 0 Å². The van der Waals surface area contributed by atoms with Crippen LogP contribution in [-0.4, -0.2) is 33.3 Å². The first-order chi connectivity index (χ1) is 8.97. The molecule has 9 heteroatoms. The first kappa shape index (κ1) is 13.8. The van der Waals surface area contributed by atoms with Crippen molar-refractivity contribution in [2.45, 2.75) is 18.6 Å². The van der Waals surface area contributed by atoms with Crippen LogP contribution in [-0.2, 0) is 14.3 Å². The molecule has 1 fully saturated rings. The maximum Gasteiger partial charge on any atom is 0.330 e. The highest BCUT2D eigenvalue weighted by Gasteiger charge is 2.29. The minimum absolute atomic E-state index is 0.0527. The van der Waals surface area contributed by atoms with Gasteiger partial charge in [0.2, 0.25) is 5.82 Å². The zero-order chi connectivity index (χ0) is 14.0. The molecule has 19 heavy (non-hydrogen) atoms. The standard InChI is InChI=1S/C10H11FN2O5S/c1-5(14)17-3-8-18-7(4-19-8)13-2-6(11)9(15)12-10(13)16/h2,7-8H,3-4H2,1H3,(H,12,15,16)/t7-,8+/m0/s1. The fourth-order valence-electron chi connectivity index (χ4n) is 1.54. The van der Waals surface area contributed by atoms with E-state index < -0.39 is 34.7 Å². The predicted octanol–water partition coefficient (Wildman–Crippen LogP) is -0.173. The van der Waals surface area contributed by atoms with Gasteiger partial charge < -0.3 is 9.47 Å². The van der Waals surface area contributed by atoms with Crippen molar-refractivity contribution in [3.05, 3.63) is 32.9 Å². The third kappa shape index (κ3) is 3.24. The number of ether oxygens (including phenoxy) is 2. The molecule has 7 nitrogen and oxygen atoms in total. The molecule has 2 heterocycles. The molecule has 1 aliphatic rings. The number of rotatable bonds is 3. The number of thioether (sulfide) groups is 1. The van der Waals surface area contributed by atoms with E-state index in [4.69, 9.17) is 9.47 Å². The summed E-state index contributed by atoms with van der Waals surface area (Å²) in [5, 5.41) is 0. The number of halogens is 1. The Hall–Kier alpha value is -1.61. The van der Waals surface area contributed by atoms with Crippen LogP contribution in [0.5, 0.6) is 0 Å². The van der Waals surface area contributed by atoms with Crippen LogP contribution in [0, 0.1) is 5.82 Å². The summed E-state index contributed by atoms with van der Waals surface area (Å²) in [5.41, 5.74) is -2.23. The van der Waals surface area contributed by atoms with Crippen molar-refractivity contribution in [3.8, 4) is 0 Å². The third-order valence-electron chi connectivity index (χ3n) is 2.39. The topological polar surface area (TPSA) is 90.4 Å². The van der Waals surface area contributed by atoms with Gasteiger partial charge >= 0.3 is 11.7 Å². The highest BCUT2D eigenvalue weighted by atomic mass is 32.2. The molecule has 0 aliphatic carbocycles. The van der Waals surface area contributed by atoms with E-state index in [-0.39, 0.29) is 6.61 Å². The molecule has 1 aliphatic heterocycles. The molecule has 0 radical (unpaired) electrons. The highest BCUT2D eigenvalue weighted by Crippen LogP contribution is 2.30. The summed E-state index contributed by atoms with van der Waals surface area (Å²) < 4.78 is 24.3. The smallest absolute Gasteiger partial charge is 0.330 e. The quantitative estimate of drug-likeness (QED) is 0.777. The minimum atomic E-state index is -1.07. The molecular weight excluding hydrogens is 279 g/mol. The number of hydrogen-bond donors (Lipinski definition) is 1. The van der Waals surface area contributed by atoms with Crippen molar-refractivity contribution < 1.29 is 18.7 Å². The third-order valence-corrected chi connectivity index (χ3v) is 3.49. The normalized spacial score (nSPS) is 22.4. The lowest BCUT2D eigenvalue weighted by Crippen LogP contribution is -2.34. The molecule has 0 saturated carbocycles. The lowest BCUT2D eigenvalue weighted by atomic mass is 10.5. The number of nitrogens with zero attached hydrogens (tertiary/aromatic N) is 1. The van der Waals surface area contributed by atoms with Crippen LogP contribution >= 0.6 is 11.8 Å². The number of carbonyl (C=O) groups excluding carboxylic acids is 1. The van der Waals surface area contributed by atoms with E-state index in [2.05, 4.69) is 0 Å². The summed E-state index contributed by atoms with van der Waals surface area (Å²) in [7, 11) is 0. The van der Waals surface area contributed by atoms with Crippen molar-refractivity contribution >= 4 is 17.7 Å². The lowest BCUT2D eigenvalue weighted by molar-refractivity contribution is -0.144. The van der Waals surface area contributed by atoms with Gasteiger partial charge in [-0.3, -0.25) is 19.1 Å². The summed E-state index contributed by atoms with van der Waals surface area (Å²) in [6.45, 7) is 1.33. The lowest BCUT2D eigenvalue weighted by Gasteiger charge is -2.14. The zero-order valence-corrected chi connectivity index (χ0v) is 10.7. The van der Waals surface area contributed by atoms with Gasteiger partial charge in [0.05, 0.1) is 6.20 Å². The van der Waals surface area contributed by atoms with E-state index >= 15 is 0 Å². The van der Waals surface area contributed by atoms with Crippen molar-refractivity contribution in [1.82, 2.24) is 9.55 Å². The largest absolute Gasteiger partial charge is 0.462 e. The van der Waals surface area contributed by atoms with E-state index in [0.29, 0.717) is 5.75 Å². The molecule has 0 bridgehead atoms. The Balaban J connectivity index is 2.09. The maximum absolute atomic E-state index is 13.1. The molecule has 0 spiro atoms. The predicted molar refractivity (Wildman–Crippen MR) is 64.3 cm³/mol. The second kappa shape index (κ2) is 5.57. The van der Waals surface area contributed by atoms with Crippen LogP contribution in [0.4, 0.5) is 4.39 Å². The first-order valence-corrected chi connectivity index (χ1v) is 6.43. The molecule has 104 valence electrons. The van der Waals surface area contributed by atoms with E-state index in [0.717, 1.165) is 10.8 Å². The summed E-state index contributed by atoms with van der Waals surface area (Å²) in [5.74, 6) is -1.10. The monoisotopic (exact) mass is 290 g/mol. The summed E-state index contributed by atoms with van der Waals surface area (Å²) >= 11 is 1.33. The van der Waals surface area contributed by atoms with E-state index in [9.17, 15) is 18.8 Å². The van der Waals surface area contributed by atoms with E-state index in [1.165, 1.54) is 18.7 Å². The van der Waals surface area contributed by atoms with Crippen LogP contribution in [0.2, 0.25) is 0 Å². The van der Waals surface area contributed by atoms with Gasteiger partial charge in [0.15, 0.2) is 0 Å². The Morgan fingerprint density at radius 1 is 1.68 bits per heavy atom. The Morgan fingerprint density at radius 3 is 3.11 bits per heavy atom. The van der Waals surface area contributed by atoms with Crippen molar-refractivity contribution in [2.24, 2.45) is 0 Å². The zero-order valence-electron chi connectivity index (χ0n) is 9.92. The molecule has 1 N–H and O–H groups in total. The van der Waals surface area contributed by atoms with Gasteiger partial charge in [0, 0.05) is 12.7 Å². The molecule has 0 aromatic carbocycles. The number of aromatic nitrogens is 2. The van der Waals surface area contributed by atoms with Crippen molar-refractivity contribution in [3.63, 3.8) is 0 Å². The number of nitrogens with one attached hydrogen (secondary N) is 1. The fraction of sp³-hybridized carbons (Fsp3) is 0.500. The molecule has 1 saturated heterocycles. The van der Waals surface area contributed by atoms with Gasteiger partial charge in [-0.15, -0.1) is 11.8 Å². The average molecular weight is 290 g/mol. The molecule has 1 aromatic heterocycles. The average Bonchev–Trinajstić information content (AvgIpc) is 2.80. The first-order valence-electron chi connectivity index (χ1n) is 5.39. The van der Waals surface area contributed by atoms with Gasteiger partial charge in [-0.1, -0.05) is 0 Å². The molecule has 1 aromatic rings.